The van der Waals surface area contributed by atoms with Crippen LogP contribution in [0.5, 0.6) is 5.75 Å². The Hall–Kier alpha value is -1.31. The normalized spacial score (nSPS) is 11.5. The number of benzene rings is 1. The highest BCUT2D eigenvalue weighted by molar-refractivity contribution is 7.91. The molecule has 0 aromatic heterocycles. The Labute approximate surface area is 142 Å². The average molecular weight is 363 g/mol. The van der Waals surface area contributed by atoms with E-state index in [9.17, 15) is 13.2 Å². The van der Waals surface area contributed by atoms with Gasteiger partial charge in [-0.25, -0.2) is 8.42 Å². The second-order valence-corrected chi connectivity index (χ2v) is 7.89. The third-order valence-electron chi connectivity index (χ3n) is 3.18. The zero-order valence-corrected chi connectivity index (χ0v) is 15.2. The predicted molar refractivity (Wildman–Crippen MR) is 90.9 cm³/mol. The Bertz CT molecular complexity index is 632. The van der Waals surface area contributed by atoms with Gasteiger partial charge in [0.2, 0.25) is 5.91 Å². The van der Waals surface area contributed by atoms with Crippen molar-refractivity contribution >= 4 is 27.3 Å². The summed E-state index contributed by atoms with van der Waals surface area (Å²) in [6, 6.07) is 4.26. The van der Waals surface area contributed by atoms with Crippen LogP contribution in [0.15, 0.2) is 23.1 Å². The van der Waals surface area contributed by atoms with Crippen LogP contribution in [-0.2, 0) is 14.6 Å². The van der Waals surface area contributed by atoms with Crippen molar-refractivity contribution in [3.8, 4) is 5.75 Å². The van der Waals surface area contributed by atoms with E-state index < -0.39 is 9.84 Å². The number of nitrogens with zero attached hydrogens (tertiary/aromatic N) is 1. The van der Waals surface area contributed by atoms with Gasteiger partial charge in [-0.2, -0.15) is 0 Å². The van der Waals surface area contributed by atoms with Crippen molar-refractivity contribution in [3.05, 3.63) is 23.2 Å². The molecular weight excluding hydrogens is 340 g/mol. The zero-order valence-electron chi connectivity index (χ0n) is 13.6. The highest BCUT2D eigenvalue weighted by atomic mass is 35.5. The topological polar surface area (TPSA) is 75.7 Å². The van der Waals surface area contributed by atoms with Crippen molar-refractivity contribution in [2.45, 2.75) is 17.7 Å². The van der Waals surface area contributed by atoms with Crippen LogP contribution in [0.25, 0.3) is 0 Å². The summed E-state index contributed by atoms with van der Waals surface area (Å²) in [7, 11) is 1.80. The van der Waals surface area contributed by atoms with Crippen LogP contribution in [0.2, 0.25) is 5.02 Å². The van der Waals surface area contributed by atoms with E-state index in [0.29, 0.717) is 12.3 Å². The molecule has 1 amide bonds. The first-order valence-corrected chi connectivity index (χ1v) is 9.27. The lowest BCUT2D eigenvalue weighted by Crippen LogP contribution is -2.28. The number of hydrogen-bond donors (Lipinski definition) is 1. The number of amides is 1. The standard InChI is InChI=1S/C15H23ClN2O4S/c1-18(2)9-4-8-17-15(19)7-10-23(20,21)12-5-6-14(22-3)13(16)11-12/h5-6,11H,4,7-10H2,1-3H3,(H,17,19). The minimum absolute atomic E-state index is 0.0755. The van der Waals surface area contributed by atoms with E-state index >= 15 is 0 Å². The van der Waals surface area contributed by atoms with Gasteiger partial charge in [0.1, 0.15) is 5.75 Å². The Morgan fingerprint density at radius 1 is 1.35 bits per heavy atom. The van der Waals surface area contributed by atoms with Crippen LogP contribution >= 0.6 is 11.6 Å². The third-order valence-corrected chi connectivity index (χ3v) is 5.19. The van der Waals surface area contributed by atoms with Crippen molar-refractivity contribution in [3.63, 3.8) is 0 Å². The number of methoxy groups -OCH3 is 1. The lowest BCUT2D eigenvalue weighted by molar-refractivity contribution is -0.120. The van der Waals surface area contributed by atoms with Gasteiger partial charge in [0.25, 0.3) is 0 Å². The number of carbonyl (C=O) groups is 1. The number of rotatable bonds is 9. The second kappa shape index (κ2) is 9.10. The van der Waals surface area contributed by atoms with Crippen LogP contribution in [0, 0.1) is 0 Å². The summed E-state index contributed by atoms with van der Waals surface area (Å²) in [5, 5.41) is 2.94. The monoisotopic (exact) mass is 362 g/mol. The molecule has 1 N–H and O–H groups in total. The van der Waals surface area contributed by atoms with Gasteiger partial charge in [0.05, 0.1) is 22.8 Å². The zero-order chi connectivity index (χ0) is 17.5. The lowest BCUT2D eigenvalue weighted by atomic mass is 10.3. The van der Waals surface area contributed by atoms with E-state index in [1.165, 1.54) is 25.3 Å². The van der Waals surface area contributed by atoms with Crippen molar-refractivity contribution in [2.24, 2.45) is 0 Å². The smallest absolute Gasteiger partial charge is 0.221 e. The van der Waals surface area contributed by atoms with Gasteiger partial charge in [-0.1, -0.05) is 11.6 Å². The highest BCUT2D eigenvalue weighted by Crippen LogP contribution is 2.27. The van der Waals surface area contributed by atoms with E-state index in [0.717, 1.165) is 13.0 Å². The van der Waals surface area contributed by atoms with Crippen LogP contribution < -0.4 is 10.1 Å². The largest absolute Gasteiger partial charge is 0.495 e. The molecule has 0 heterocycles. The molecule has 0 radical (unpaired) electrons. The summed E-state index contributed by atoms with van der Waals surface area (Å²) in [6.07, 6.45) is 0.744. The number of halogens is 1. The van der Waals surface area contributed by atoms with Crippen molar-refractivity contribution in [1.82, 2.24) is 10.2 Å². The summed E-state index contributed by atoms with van der Waals surface area (Å²) in [5.41, 5.74) is 0. The number of hydrogen-bond acceptors (Lipinski definition) is 5. The fraction of sp³-hybridized carbons (Fsp3) is 0.533. The second-order valence-electron chi connectivity index (χ2n) is 5.37. The fourth-order valence-electron chi connectivity index (χ4n) is 1.90. The van der Waals surface area contributed by atoms with E-state index in [2.05, 4.69) is 5.32 Å². The molecule has 1 rings (SSSR count). The molecule has 6 nitrogen and oxygen atoms in total. The van der Waals surface area contributed by atoms with Crippen molar-refractivity contribution in [1.29, 1.82) is 0 Å². The van der Waals surface area contributed by atoms with Gasteiger partial charge in [-0.3, -0.25) is 4.79 Å². The van der Waals surface area contributed by atoms with E-state index in [1.54, 1.807) is 0 Å². The van der Waals surface area contributed by atoms with Crippen LogP contribution in [0.1, 0.15) is 12.8 Å². The molecule has 0 atom stereocenters. The van der Waals surface area contributed by atoms with Crippen LogP contribution in [-0.4, -0.2) is 59.3 Å². The lowest BCUT2D eigenvalue weighted by Gasteiger charge is -2.10. The summed E-state index contributed by atoms with van der Waals surface area (Å²) < 4.78 is 29.4. The highest BCUT2D eigenvalue weighted by Gasteiger charge is 2.18. The van der Waals surface area contributed by atoms with E-state index in [1.807, 2.05) is 19.0 Å². The van der Waals surface area contributed by atoms with Gasteiger partial charge in [0, 0.05) is 13.0 Å². The third kappa shape index (κ3) is 6.76. The minimum atomic E-state index is -3.56. The molecule has 0 unspecified atom stereocenters. The van der Waals surface area contributed by atoms with Crippen LogP contribution in [0.4, 0.5) is 0 Å². The summed E-state index contributed by atoms with van der Waals surface area (Å²) in [4.78, 5) is 13.8. The van der Waals surface area contributed by atoms with Gasteiger partial charge in [0.15, 0.2) is 9.84 Å². The quantitative estimate of drug-likeness (QED) is 0.675. The Morgan fingerprint density at radius 2 is 2.04 bits per heavy atom. The van der Waals surface area contributed by atoms with E-state index in [-0.39, 0.29) is 28.0 Å². The first-order chi connectivity index (χ1) is 10.8. The Balaban J connectivity index is 2.52. The maximum Gasteiger partial charge on any atom is 0.221 e. The minimum Gasteiger partial charge on any atom is -0.495 e. The molecule has 8 heteroatoms. The molecule has 23 heavy (non-hydrogen) atoms. The fourth-order valence-corrected chi connectivity index (χ4v) is 3.48. The summed E-state index contributed by atoms with van der Waals surface area (Å²) in [6.45, 7) is 1.40. The number of ether oxygens (including phenoxy) is 1. The molecule has 1 aromatic carbocycles. The molecule has 0 spiro atoms. The van der Waals surface area contributed by atoms with E-state index in [4.69, 9.17) is 16.3 Å². The first-order valence-electron chi connectivity index (χ1n) is 7.24. The summed E-state index contributed by atoms with van der Waals surface area (Å²) in [5.74, 6) is -0.119. The molecule has 0 aliphatic carbocycles. The number of sulfone groups is 1. The molecule has 1 aromatic rings. The van der Waals surface area contributed by atoms with Gasteiger partial charge >= 0.3 is 0 Å². The molecule has 0 fully saturated rings. The molecule has 0 saturated heterocycles. The number of nitrogens with one attached hydrogen (secondary N) is 1. The first kappa shape index (κ1) is 19.7. The van der Waals surface area contributed by atoms with Gasteiger partial charge in [-0.15, -0.1) is 0 Å². The molecule has 130 valence electrons. The Morgan fingerprint density at radius 3 is 2.61 bits per heavy atom. The molecule has 0 aliphatic heterocycles. The molecule has 0 saturated carbocycles. The van der Waals surface area contributed by atoms with Crippen molar-refractivity contribution < 1.29 is 17.9 Å². The SMILES string of the molecule is COc1ccc(S(=O)(=O)CCC(=O)NCCCN(C)C)cc1Cl. The molecular formula is C15H23ClN2O4S. The maximum atomic E-state index is 12.2. The maximum absolute atomic E-state index is 12.2. The van der Waals surface area contributed by atoms with Gasteiger partial charge < -0.3 is 15.0 Å². The van der Waals surface area contributed by atoms with Crippen LogP contribution in [0.3, 0.4) is 0 Å². The number of carbonyl (C=O) groups excluding carboxylic acids is 1. The average Bonchev–Trinajstić information content (AvgIpc) is 2.49. The predicted octanol–water partition coefficient (Wildman–Crippen LogP) is 1.58. The van der Waals surface area contributed by atoms with Gasteiger partial charge in [-0.05, 0) is 45.3 Å². The Kier molecular flexibility index (Phi) is 7.81. The molecule has 0 bridgehead atoms. The molecule has 0 aliphatic rings. The summed E-state index contributed by atoms with van der Waals surface area (Å²) >= 11 is 5.94. The van der Waals surface area contributed by atoms with Crippen molar-refractivity contribution in [2.75, 3.05) is 40.0 Å².